The van der Waals surface area contributed by atoms with Crippen molar-refractivity contribution in [1.82, 2.24) is 9.62 Å². The minimum atomic E-state index is -0.270. The molecular formula is C31H32N2O3S. The van der Waals surface area contributed by atoms with Gasteiger partial charge in [0.1, 0.15) is 23.9 Å². The van der Waals surface area contributed by atoms with Gasteiger partial charge < -0.3 is 14.6 Å². The van der Waals surface area contributed by atoms with Crippen LogP contribution in [0.4, 0.5) is 0 Å². The molecule has 0 aliphatic carbocycles. The van der Waals surface area contributed by atoms with Gasteiger partial charge in [-0.05, 0) is 109 Å². The molecule has 2 N–H and O–H groups in total. The van der Waals surface area contributed by atoms with Gasteiger partial charge in [0, 0.05) is 22.6 Å². The van der Waals surface area contributed by atoms with Crippen LogP contribution >= 0.6 is 11.9 Å². The summed E-state index contributed by atoms with van der Waals surface area (Å²) in [5.74, 6) is 2.02. The lowest BCUT2D eigenvalue weighted by atomic mass is 9.86. The molecule has 0 spiro atoms. The van der Waals surface area contributed by atoms with E-state index in [-0.39, 0.29) is 11.9 Å². The van der Waals surface area contributed by atoms with Crippen LogP contribution in [0.25, 0.3) is 21.9 Å². The van der Waals surface area contributed by atoms with Gasteiger partial charge in [0.2, 0.25) is 0 Å². The number of fused-ring (bicyclic) bond motifs is 5. The number of rotatable bonds is 7. The second kappa shape index (κ2) is 10.7. The van der Waals surface area contributed by atoms with Gasteiger partial charge in [-0.15, -0.1) is 0 Å². The van der Waals surface area contributed by atoms with Gasteiger partial charge in [0.15, 0.2) is 6.10 Å². The summed E-state index contributed by atoms with van der Waals surface area (Å²) in [5, 5.41) is 12.2. The minimum Gasteiger partial charge on any atom is -0.508 e. The van der Waals surface area contributed by atoms with E-state index in [0.29, 0.717) is 6.61 Å². The van der Waals surface area contributed by atoms with Crippen LogP contribution in [0.5, 0.6) is 17.2 Å². The number of piperidine rings is 1. The van der Waals surface area contributed by atoms with Gasteiger partial charge in [-0.3, -0.25) is 9.62 Å². The molecule has 190 valence electrons. The minimum absolute atomic E-state index is 0.265. The molecule has 0 bridgehead atoms. The molecule has 6 rings (SSSR count). The molecule has 0 amide bonds. The summed E-state index contributed by atoms with van der Waals surface area (Å²) in [7, 11) is 1.92. The maximum Gasteiger partial charge on any atom is 0.150 e. The predicted molar refractivity (Wildman–Crippen MR) is 151 cm³/mol. The molecule has 5 nitrogen and oxygen atoms in total. The Morgan fingerprint density at radius 1 is 0.946 bits per heavy atom. The standard InChI is InChI=1S/C31H32N2O3S/c1-32-37-25-11-14-27-28-12-7-22-19-23(34)8-13-26(22)30(28)31(36-29(27)20-25)21-5-9-24(10-6-21)35-18-17-33-15-3-2-4-16-33/h5-14,19-20,31-32,34H,2-4,15-18H2,1H3. The topological polar surface area (TPSA) is 54.0 Å². The average molecular weight is 513 g/mol. The van der Waals surface area contributed by atoms with E-state index < -0.39 is 0 Å². The van der Waals surface area contributed by atoms with Crippen molar-refractivity contribution in [2.45, 2.75) is 30.3 Å². The Morgan fingerprint density at radius 2 is 1.76 bits per heavy atom. The van der Waals surface area contributed by atoms with Gasteiger partial charge in [0.25, 0.3) is 0 Å². The highest BCUT2D eigenvalue weighted by Crippen LogP contribution is 2.48. The monoisotopic (exact) mass is 512 g/mol. The number of benzene rings is 4. The number of hydrogen-bond donors (Lipinski definition) is 2. The summed E-state index contributed by atoms with van der Waals surface area (Å²) < 4.78 is 15.9. The number of phenols is 1. The van der Waals surface area contributed by atoms with Crippen molar-refractivity contribution < 1.29 is 14.6 Å². The Morgan fingerprint density at radius 3 is 2.57 bits per heavy atom. The summed E-state index contributed by atoms with van der Waals surface area (Å²) >= 11 is 1.57. The third kappa shape index (κ3) is 5.01. The van der Waals surface area contributed by atoms with E-state index in [1.165, 1.54) is 32.4 Å². The number of ether oxygens (including phenoxy) is 2. The van der Waals surface area contributed by atoms with E-state index in [1.807, 2.05) is 31.3 Å². The Labute approximate surface area is 222 Å². The van der Waals surface area contributed by atoms with Crippen LogP contribution in [0.1, 0.15) is 36.5 Å². The van der Waals surface area contributed by atoms with Crippen LogP contribution in [0.15, 0.2) is 77.7 Å². The maximum absolute atomic E-state index is 10.1. The fourth-order valence-corrected chi connectivity index (χ4v) is 6.04. The van der Waals surface area contributed by atoms with E-state index in [4.69, 9.17) is 9.47 Å². The average Bonchev–Trinajstić information content (AvgIpc) is 2.93. The zero-order chi connectivity index (χ0) is 25.2. The lowest BCUT2D eigenvalue weighted by Gasteiger charge is -2.31. The van der Waals surface area contributed by atoms with Crippen molar-refractivity contribution in [1.29, 1.82) is 0 Å². The summed E-state index contributed by atoms with van der Waals surface area (Å²) in [4.78, 5) is 3.60. The number of hydrogen-bond acceptors (Lipinski definition) is 6. The van der Waals surface area contributed by atoms with E-state index in [2.05, 4.69) is 52.1 Å². The quantitative estimate of drug-likeness (QED) is 0.266. The first-order valence-corrected chi connectivity index (χ1v) is 13.9. The molecule has 1 fully saturated rings. The second-order valence-electron chi connectivity index (χ2n) is 9.71. The van der Waals surface area contributed by atoms with Crippen molar-refractivity contribution in [3.05, 3.63) is 83.9 Å². The first-order valence-electron chi connectivity index (χ1n) is 13.0. The fourth-order valence-electron chi connectivity index (χ4n) is 5.50. The number of likely N-dealkylation sites (tertiary alicyclic amines) is 1. The van der Waals surface area contributed by atoms with Crippen molar-refractivity contribution in [3.63, 3.8) is 0 Å². The first-order chi connectivity index (χ1) is 18.2. The van der Waals surface area contributed by atoms with Gasteiger partial charge >= 0.3 is 0 Å². The van der Waals surface area contributed by atoms with Crippen LogP contribution in [-0.2, 0) is 0 Å². The summed E-state index contributed by atoms with van der Waals surface area (Å²) in [6, 6.07) is 24.5. The third-order valence-electron chi connectivity index (χ3n) is 7.32. The molecule has 2 heterocycles. The highest BCUT2D eigenvalue weighted by atomic mass is 32.2. The maximum atomic E-state index is 10.1. The largest absolute Gasteiger partial charge is 0.508 e. The summed E-state index contributed by atoms with van der Waals surface area (Å²) in [5.41, 5.74) is 4.44. The SMILES string of the molecule is CNSc1ccc2c(c1)OC(c1ccc(OCCN3CCCCC3)cc1)c1c-2ccc2cc(O)ccc12. The van der Waals surface area contributed by atoms with Crippen molar-refractivity contribution in [2.24, 2.45) is 0 Å². The molecule has 1 atom stereocenters. The zero-order valence-electron chi connectivity index (χ0n) is 21.1. The van der Waals surface area contributed by atoms with E-state index >= 15 is 0 Å². The highest BCUT2D eigenvalue weighted by molar-refractivity contribution is 7.97. The Hall–Kier alpha value is -3.19. The lowest BCUT2D eigenvalue weighted by Crippen LogP contribution is -2.33. The van der Waals surface area contributed by atoms with Crippen LogP contribution in [0.2, 0.25) is 0 Å². The van der Waals surface area contributed by atoms with Gasteiger partial charge in [-0.2, -0.15) is 0 Å². The van der Waals surface area contributed by atoms with Crippen molar-refractivity contribution >= 4 is 22.7 Å². The van der Waals surface area contributed by atoms with E-state index in [1.54, 1.807) is 18.0 Å². The predicted octanol–water partition coefficient (Wildman–Crippen LogP) is 6.79. The van der Waals surface area contributed by atoms with Crippen LogP contribution in [0.3, 0.4) is 0 Å². The van der Waals surface area contributed by atoms with Crippen molar-refractivity contribution in [3.8, 4) is 28.4 Å². The molecule has 0 radical (unpaired) electrons. The molecule has 1 unspecified atom stereocenters. The third-order valence-corrected chi connectivity index (χ3v) is 8.02. The first kappa shape index (κ1) is 24.2. The van der Waals surface area contributed by atoms with Crippen LogP contribution < -0.4 is 14.2 Å². The molecule has 4 aromatic rings. The molecular weight excluding hydrogens is 480 g/mol. The Bertz CT molecular complexity index is 1400. The van der Waals surface area contributed by atoms with Crippen LogP contribution in [-0.4, -0.2) is 43.3 Å². The molecule has 0 aromatic heterocycles. The molecule has 6 heteroatoms. The molecule has 2 aliphatic rings. The highest BCUT2D eigenvalue weighted by Gasteiger charge is 2.29. The van der Waals surface area contributed by atoms with Crippen molar-refractivity contribution in [2.75, 3.05) is 33.3 Å². The number of aromatic hydroxyl groups is 1. The van der Waals surface area contributed by atoms with Gasteiger partial charge in [0.05, 0.1) is 0 Å². The molecule has 1 saturated heterocycles. The molecule has 0 saturated carbocycles. The number of phenolic OH excluding ortho intramolecular Hbond substituents is 1. The lowest BCUT2D eigenvalue weighted by molar-refractivity contribution is 0.183. The van der Waals surface area contributed by atoms with E-state index in [9.17, 15) is 5.11 Å². The number of nitrogens with zero attached hydrogens (tertiary/aromatic N) is 1. The zero-order valence-corrected chi connectivity index (χ0v) is 21.9. The molecule has 2 aliphatic heterocycles. The fraction of sp³-hybridized carbons (Fsp3) is 0.290. The normalized spacial score (nSPS) is 17.2. The Balaban J connectivity index is 1.32. The second-order valence-corrected chi connectivity index (χ2v) is 10.8. The Kier molecular flexibility index (Phi) is 6.96. The van der Waals surface area contributed by atoms with E-state index in [0.717, 1.165) is 56.0 Å². The summed E-state index contributed by atoms with van der Waals surface area (Å²) in [6.07, 6.45) is 3.67. The molecule has 4 aromatic carbocycles. The number of nitrogens with one attached hydrogen (secondary N) is 1. The van der Waals surface area contributed by atoms with Gasteiger partial charge in [-0.25, -0.2) is 0 Å². The summed E-state index contributed by atoms with van der Waals surface area (Å²) in [6.45, 7) is 4.05. The van der Waals surface area contributed by atoms with Crippen LogP contribution in [0, 0.1) is 0 Å². The molecule has 37 heavy (non-hydrogen) atoms. The van der Waals surface area contributed by atoms with Gasteiger partial charge in [-0.1, -0.05) is 36.8 Å². The smallest absolute Gasteiger partial charge is 0.150 e.